The van der Waals surface area contributed by atoms with Gasteiger partial charge in [-0.1, -0.05) is 0 Å². The highest BCUT2D eigenvalue weighted by atomic mass is 19.3. The van der Waals surface area contributed by atoms with Gasteiger partial charge in [-0.15, -0.1) is 0 Å². The molecular formula is C5H5F6. The lowest BCUT2D eigenvalue weighted by molar-refractivity contribution is -0.204. The van der Waals surface area contributed by atoms with Gasteiger partial charge in [0, 0.05) is 6.92 Å². The third kappa shape index (κ3) is 2.98. The van der Waals surface area contributed by atoms with Crippen LogP contribution in [-0.4, -0.2) is 11.8 Å². The molecule has 0 aliphatic rings. The molecule has 11 heavy (non-hydrogen) atoms. The number of hydrogen-bond acceptors (Lipinski definition) is 0. The second-order valence-electron chi connectivity index (χ2n) is 2.11. The predicted octanol–water partition coefficient (Wildman–Crippen LogP) is 3.10. The van der Waals surface area contributed by atoms with Crippen LogP contribution in [0.2, 0.25) is 0 Å². The molecule has 0 nitrogen and oxygen atoms in total. The molecule has 0 aromatic carbocycles. The van der Waals surface area contributed by atoms with Crippen molar-refractivity contribution in [3.8, 4) is 0 Å². The van der Waals surface area contributed by atoms with E-state index < -0.39 is 24.7 Å². The van der Waals surface area contributed by atoms with E-state index in [0.29, 0.717) is 0 Å². The van der Waals surface area contributed by atoms with E-state index in [0.717, 1.165) is 0 Å². The zero-order chi connectivity index (χ0) is 9.28. The van der Waals surface area contributed by atoms with Gasteiger partial charge in [0.2, 0.25) is 0 Å². The van der Waals surface area contributed by atoms with Crippen LogP contribution in [0.5, 0.6) is 0 Å². The minimum atomic E-state index is -4.66. The largest absolute Gasteiger partial charge is 0.316 e. The SMILES string of the molecule is CC(F)(F)C(F)(F)C[C](F)F. The molecule has 0 amide bonds. The summed E-state index contributed by atoms with van der Waals surface area (Å²) in [6.07, 6.45) is -4.88. The molecule has 0 aromatic heterocycles. The Kier molecular flexibility index (Phi) is 2.79. The number of hydrogen-bond donors (Lipinski definition) is 0. The summed E-state index contributed by atoms with van der Waals surface area (Å²) in [5, 5.41) is 0. The summed E-state index contributed by atoms with van der Waals surface area (Å²) >= 11 is 0. The van der Waals surface area contributed by atoms with E-state index >= 15 is 0 Å². The number of halogens is 6. The van der Waals surface area contributed by atoms with Gasteiger partial charge in [-0.2, -0.15) is 17.6 Å². The van der Waals surface area contributed by atoms with Crippen LogP contribution in [0.25, 0.3) is 0 Å². The van der Waals surface area contributed by atoms with Crippen LogP contribution in [0.4, 0.5) is 26.3 Å². The molecule has 0 N–H and O–H groups in total. The Morgan fingerprint density at radius 1 is 1.09 bits per heavy atom. The van der Waals surface area contributed by atoms with E-state index in [1.54, 1.807) is 0 Å². The third-order valence-electron chi connectivity index (χ3n) is 0.998. The number of rotatable bonds is 3. The van der Waals surface area contributed by atoms with E-state index in [4.69, 9.17) is 0 Å². The van der Waals surface area contributed by atoms with Gasteiger partial charge < -0.3 is 0 Å². The molecule has 0 fully saturated rings. The highest BCUT2D eigenvalue weighted by Crippen LogP contribution is 2.39. The fourth-order valence-corrected chi connectivity index (χ4v) is 0.323. The Morgan fingerprint density at radius 3 is 1.55 bits per heavy atom. The van der Waals surface area contributed by atoms with Gasteiger partial charge in [0.15, 0.2) is 0 Å². The molecule has 0 aliphatic carbocycles. The molecule has 67 valence electrons. The molecule has 1 radical (unpaired) electrons. The highest BCUT2D eigenvalue weighted by molar-refractivity contribution is 4.85. The van der Waals surface area contributed by atoms with Crippen molar-refractivity contribution in [3.63, 3.8) is 0 Å². The Labute approximate surface area is 59.2 Å². The normalized spacial score (nSPS) is 14.2. The van der Waals surface area contributed by atoms with Crippen LogP contribution in [0, 0.1) is 6.43 Å². The topological polar surface area (TPSA) is 0 Å². The Bertz CT molecular complexity index is 123. The van der Waals surface area contributed by atoms with Crippen molar-refractivity contribution in [2.75, 3.05) is 0 Å². The van der Waals surface area contributed by atoms with Gasteiger partial charge in [0.1, 0.15) is 0 Å². The summed E-state index contributed by atoms with van der Waals surface area (Å²) in [4.78, 5) is 0. The van der Waals surface area contributed by atoms with Crippen molar-refractivity contribution in [1.29, 1.82) is 0 Å². The average molecular weight is 179 g/mol. The predicted molar refractivity (Wildman–Crippen MR) is 25.6 cm³/mol. The van der Waals surface area contributed by atoms with Gasteiger partial charge in [0.05, 0.1) is 6.42 Å². The van der Waals surface area contributed by atoms with Gasteiger partial charge >= 0.3 is 18.3 Å². The molecule has 6 heteroatoms. The maximum absolute atomic E-state index is 11.9. The maximum Gasteiger partial charge on any atom is 0.316 e. The molecule has 0 bridgehead atoms. The quantitative estimate of drug-likeness (QED) is 0.584. The van der Waals surface area contributed by atoms with Crippen LogP contribution in [0.1, 0.15) is 13.3 Å². The van der Waals surface area contributed by atoms with Crippen molar-refractivity contribution < 1.29 is 26.3 Å². The lowest BCUT2D eigenvalue weighted by Crippen LogP contribution is -2.38. The summed E-state index contributed by atoms with van der Waals surface area (Å²) in [7, 11) is 0. The van der Waals surface area contributed by atoms with Crippen LogP contribution in [0.15, 0.2) is 0 Å². The van der Waals surface area contributed by atoms with Crippen molar-refractivity contribution in [3.05, 3.63) is 6.43 Å². The first-order valence-electron chi connectivity index (χ1n) is 2.59. The standard InChI is InChI=1S/C5H5F6/c1-4(8,9)5(10,11)2-3(6)7/h2H2,1H3. The number of alkyl halides is 4. The zero-order valence-corrected chi connectivity index (χ0v) is 5.47. The summed E-state index contributed by atoms with van der Waals surface area (Å²) in [6.45, 7) is -0.101. The highest BCUT2D eigenvalue weighted by Gasteiger charge is 2.53. The first-order valence-corrected chi connectivity index (χ1v) is 2.59. The van der Waals surface area contributed by atoms with Crippen LogP contribution < -0.4 is 0 Å². The van der Waals surface area contributed by atoms with E-state index in [2.05, 4.69) is 0 Å². The molecule has 0 aliphatic heterocycles. The van der Waals surface area contributed by atoms with E-state index in [9.17, 15) is 26.3 Å². The molecule has 0 atom stereocenters. The van der Waals surface area contributed by atoms with E-state index in [1.165, 1.54) is 0 Å². The Morgan fingerprint density at radius 2 is 1.45 bits per heavy atom. The van der Waals surface area contributed by atoms with Gasteiger partial charge in [-0.3, -0.25) is 0 Å². The monoisotopic (exact) mass is 179 g/mol. The van der Waals surface area contributed by atoms with Gasteiger partial charge in [-0.25, -0.2) is 8.78 Å². The van der Waals surface area contributed by atoms with Gasteiger partial charge in [-0.05, 0) is 0 Å². The molecule has 0 saturated carbocycles. The molecule has 0 aromatic rings. The molecule has 0 spiro atoms. The van der Waals surface area contributed by atoms with Crippen LogP contribution in [0.3, 0.4) is 0 Å². The van der Waals surface area contributed by atoms with Crippen molar-refractivity contribution in [2.24, 2.45) is 0 Å². The Hall–Kier alpha value is -0.420. The van der Waals surface area contributed by atoms with Crippen LogP contribution in [-0.2, 0) is 0 Å². The first-order chi connectivity index (χ1) is 4.67. The summed E-state index contributed by atoms with van der Waals surface area (Å²) in [6, 6.07) is 0. The smallest absolute Gasteiger partial charge is 0.200 e. The third-order valence-corrected chi connectivity index (χ3v) is 0.998. The molecule has 0 saturated heterocycles. The maximum atomic E-state index is 11.9. The minimum Gasteiger partial charge on any atom is -0.200 e. The zero-order valence-electron chi connectivity index (χ0n) is 5.47. The van der Waals surface area contributed by atoms with E-state index in [1.807, 2.05) is 0 Å². The minimum absolute atomic E-state index is 0.101. The lowest BCUT2D eigenvalue weighted by Gasteiger charge is -2.21. The summed E-state index contributed by atoms with van der Waals surface area (Å²) in [5.41, 5.74) is 0. The van der Waals surface area contributed by atoms with E-state index in [-0.39, 0.29) is 6.92 Å². The van der Waals surface area contributed by atoms with Crippen LogP contribution >= 0.6 is 0 Å². The van der Waals surface area contributed by atoms with Crippen molar-refractivity contribution in [1.82, 2.24) is 0 Å². The molecule has 0 rings (SSSR count). The molecule has 0 unspecified atom stereocenters. The lowest BCUT2D eigenvalue weighted by atomic mass is 10.1. The molecular weight excluding hydrogens is 174 g/mol. The first kappa shape index (κ1) is 10.6. The van der Waals surface area contributed by atoms with Gasteiger partial charge in [0.25, 0.3) is 0 Å². The second kappa shape index (κ2) is 2.91. The fourth-order valence-electron chi connectivity index (χ4n) is 0.323. The summed E-state index contributed by atoms with van der Waals surface area (Å²) in [5.74, 6) is -9.07. The molecule has 0 heterocycles. The van der Waals surface area contributed by atoms with Crippen molar-refractivity contribution >= 4 is 0 Å². The Balaban J connectivity index is 4.22. The van der Waals surface area contributed by atoms with Crippen molar-refractivity contribution in [2.45, 2.75) is 25.2 Å². The summed E-state index contributed by atoms with van der Waals surface area (Å²) < 4.78 is 69.7. The average Bonchev–Trinajstić information content (AvgIpc) is 1.56. The fraction of sp³-hybridized carbons (Fsp3) is 0.800. The second-order valence-corrected chi connectivity index (χ2v) is 2.11.